The molecule has 2 aliphatic rings. The molecule has 2 heterocycles. The maximum absolute atomic E-state index is 6.41. The molecule has 0 amide bonds. The Labute approximate surface area is 126 Å². The van der Waals surface area contributed by atoms with Crippen LogP contribution in [-0.4, -0.2) is 23.4 Å². The Morgan fingerprint density at radius 3 is 2.57 bits per heavy atom. The van der Waals surface area contributed by atoms with Crippen molar-refractivity contribution in [1.82, 2.24) is 10.1 Å². The molecule has 118 valence electrons. The van der Waals surface area contributed by atoms with Gasteiger partial charge >= 0.3 is 0 Å². The molecule has 1 aliphatic carbocycles. The van der Waals surface area contributed by atoms with E-state index in [0.29, 0.717) is 25.0 Å². The van der Waals surface area contributed by atoms with Gasteiger partial charge in [-0.15, -0.1) is 0 Å². The number of hydrogen-bond donors (Lipinski definition) is 1. The molecular weight excluding hydrogens is 266 g/mol. The molecule has 1 aromatic heterocycles. The second-order valence-electron chi connectivity index (χ2n) is 6.73. The molecule has 5 heteroatoms. The first kappa shape index (κ1) is 15.0. The SMILES string of the molecule is CCCC1CCC(c2noc(C3(N)CCOCC3)n2)CC1. The van der Waals surface area contributed by atoms with Gasteiger partial charge in [-0.2, -0.15) is 4.98 Å². The van der Waals surface area contributed by atoms with Gasteiger partial charge in [-0.3, -0.25) is 0 Å². The van der Waals surface area contributed by atoms with Gasteiger partial charge in [0.25, 0.3) is 0 Å². The summed E-state index contributed by atoms with van der Waals surface area (Å²) in [6, 6.07) is 0. The van der Waals surface area contributed by atoms with Crippen LogP contribution in [-0.2, 0) is 10.3 Å². The summed E-state index contributed by atoms with van der Waals surface area (Å²) in [5.74, 6) is 2.83. The normalized spacial score (nSPS) is 29.4. The van der Waals surface area contributed by atoms with Crippen LogP contribution < -0.4 is 5.73 Å². The standard InChI is InChI=1S/C16H27N3O2/c1-2-3-12-4-6-13(7-5-12)14-18-15(21-19-14)16(17)8-10-20-11-9-16/h12-13H,2-11,17H2,1H3. The zero-order chi connectivity index (χ0) is 14.7. The van der Waals surface area contributed by atoms with E-state index in [1.54, 1.807) is 0 Å². The molecule has 0 unspecified atom stereocenters. The lowest BCUT2D eigenvalue weighted by Crippen LogP contribution is -2.42. The number of nitrogens with two attached hydrogens (primary N) is 1. The highest BCUT2D eigenvalue weighted by molar-refractivity contribution is 5.06. The third-order valence-corrected chi connectivity index (χ3v) is 5.16. The number of hydrogen-bond acceptors (Lipinski definition) is 5. The summed E-state index contributed by atoms with van der Waals surface area (Å²) in [7, 11) is 0. The van der Waals surface area contributed by atoms with Crippen LogP contribution in [0.2, 0.25) is 0 Å². The van der Waals surface area contributed by atoms with Crippen molar-refractivity contribution >= 4 is 0 Å². The fraction of sp³-hybridized carbons (Fsp3) is 0.875. The van der Waals surface area contributed by atoms with E-state index in [4.69, 9.17) is 15.0 Å². The predicted molar refractivity (Wildman–Crippen MR) is 79.8 cm³/mol. The summed E-state index contributed by atoms with van der Waals surface area (Å²) in [6.45, 7) is 3.62. The first-order chi connectivity index (χ1) is 10.2. The van der Waals surface area contributed by atoms with E-state index >= 15 is 0 Å². The molecule has 2 fully saturated rings. The minimum absolute atomic E-state index is 0.457. The van der Waals surface area contributed by atoms with Crippen LogP contribution in [0.15, 0.2) is 4.52 Å². The van der Waals surface area contributed by atoms with E-state index in [2.05, 4.69) is 17.1 Å². The van der Waals surface area contributed by atoms with Gasteiger partial charge in [0.1, 0.15) is 5.54 Å². The number of aromatic nitrogens is 2. The van der Waals surface area contributed by atoms with Crippen LogP contribution in [0.25, 0.3) is 0 Å². The Hall–Kier alpha value is -0.940. The first-order valence-corrected chi connectivity index (χ1v) is 8.42. The molecule has 0 radical (unpaired) electrons. The number of nitrogens with zero attached hydrogens (tertiary/aromatic N) is 2. The van der Waals surface area contributed by atoms with E-state index < -0.39 is 5.54 Å². The zero-order valence-electron chi connectivity index (χ0n) is 13.0. The third-order valence-electron chi connectivity index (χ3n) is 5.16. The van der Waals surface area contributed by atoms with Gasteiger partial charge in [-0.05, 0) is 44.4 Å². The lowest BCUT2D eigenvalue weighted by atomic mass is 9.80. The molecular formula is C16H27N3O2. The molecule has 2 N–H and O–H groups in total. The summed E-state index contributed by atoms with van der Waals surface area (Å²) >= 11 is 0. The van der Waals surface area contributed by atoms with Crippen molar-refractivity contribution in [2.45, 2.75) is 69.7 Å². The highest BCUT2D eigenvalue weighted by atomic mass is 16.5. The average molecular weight is 293 g/mol. The van der Waals surface area contributed by atoms with Crippen molar-refractivity contribution in [2.24, 2.45) is 11.7 Å². The summed E-state index contributed by atoms with van der Waals surface area (Å²) in [4.78, 5) is 4.64. The van der Waals surface area contributed by atoms with E-state index in [-0.39, 0.29) is 0 Å². The lowest BCUT2D eigenvalue weighted by molar-refractivity contribution is 0.0400. The maximum Gasteiger partial charge on any atom is 0.246 e. The minimum Gasteiger partial charge on any atom is -0.381 e. The Bertz CT molecular complexity index is 446. The van der Waals surface area contributed by atoms with Crippen LogP contribution in [0.5, 0.6) is 0 Å². The summed E-state index contributed by atoms with van der Waals surface area (Å²) in [5, 5.41) is 4.22. The van der Waals surface area contributed by atoms with Crippen molar-refractivity contribution in [2.75, 3.05) is 13.2 Å². The van der Waals surface area contributed by atoms with E-state index in [1.165, 1.54) is 38.5 Å². The Morgan fingerprint density at radius 1 is 1.19 bits per heavy atom. The molecule has 5 nitrogen and oxygen atoms in total. The lowest BCUT2D eigenvalue weighted by Gasteiger charge is -2.29. The number of rotatable bonds is 4. The van der Waals surface area contributed by atoms with Gasteiger partial charge in [0.05, 0.1) is 0 Å². The summed E-state index contributed by atoms with van der Waals surface area (Å²) in [6.07, 6.45) is 9.13. The highest BCUT2D eigenvalue weighted by Gasteiger charge is 2.36. The zero-order valence-corrected chi connectivity index (χ0v) is 13.0. The van der Waals surface area contributed by atoms with Crippen LogP contribution in [0, 0.1) is 5.92 Å². The van der Waals surface area contributed by atoms with Crippen molar-refractivity contribution in [3.8, 4) is 0 Å². The number of ether oxygens (including phenoxy) is 1. The molecule has 1 saturated heterocycles. The molecule has 0 atom stereocenters. The molecule has 0 bridgehead atoms. The van der Waals surface area contributed by atoms with Crippen LogP contribution in [0.1, 0.15) is 75.9 Å². The van der Waals surface area contributed by atoms with Crippen molar-refractivity contribution in [3.63, 3.8) is 0 Å². The van der Waals surface area contributed by atoms with E-state index in [9.17, 15) is 0 Å². The van der Waals surface area contributed by atoms with Crippen molar-refractivity contribution in [3.05, 3.63) is 11.7 Å². The topological polar surface area (TPSA) is 74.2 Å². The molecule has 1 aliphatic heterocycles. The molecule has 1 saturated carbocycles. The predicted octanol–water partition coefficient (Wildman–Crippen LogP) is 3.11. The smallest absolute Gasteiger partial charge is 0.246 e. The van der Waals surface area contributed by atoms with E-state index in [0.717, 1.165) is 24.6 Å². The first-order valence-electron chi connectivity index (χ1n) is 8.42. The van der Waals surface area contributed by atoms with Gasteiger partial charge < -0.3 is 15.0 Å². The molecule has 3 rings (SSSR count). The minimum atomic E-state index is -0.483. The fourth-order valence-corrected chi connectivity index (χ4v) is 3.67. The van der Waals surface area contributed by atoms with E-state index in [1.807, 2.05) is 0 Å². The van der Waals surface area contributed by atoms with Gasteiger partial charge in [0.15, 0.2) is 5.82 Å². The maximum atomic E-state index is 6.41. The van der Waals surface area contributed by atoms with Gasteiger partial charge in [0.2, 0.25) is 5.89 Å². The fourth-order valence-electron chi connectivity index (χ4n) is 3.67. The monoisotopic (exact) mass is 293 g/mol. The average Bonchev–Trinajstić information content (AvgIpc) is 3.00. The quantitative estimate of drug-likeness (QED) is 0.923. The van der Waals surface area contributed by atoms with Gasteiger partial charge in [-0.25, -0.2) is 0 Å². The van der Waals surface area contributed by atoms with Crippen LogP contribution >= 0.6 is 0 Å². The van der Waals surface area contributed by atoms with Crippen molar-refractivity contribution < 1.29 is 9.26 Å². The summed E-state index contributed by atoms with van der Waals surface area (Å²) < 4.78 is 10.9. The largest absolute Gasteiger partial charge is 0.381 e. The van der Waals surface area contributed by atoms with Gasteiger partial charge in [-0.1, -0.05) is 24.9 Å². The molecule has 21 heavy (non-hydrogen) atoms. The Balaban J connectivity index is 1.63. The summed E-state index contributed by atoms with van der Waals surface area (Å²) in [5.41, 5.74) is 5.93. The third kappa shape index (κ3) is 3.29. The second kappa shape index (κ2) is 6.44. The van der Waals surface area contributed by atoms with Gasteiger partial charge in [0, 0.05) is 19.1 Å². The second-order valence-corrected chi connectivity index (χ2v) is 6.73. The van der Waals surface area contributed by atoms with Crippen molar-refractivity contribution in [1.29, 1.82) is 0 Å². The molecule has 0 spiro atoms. The molecule has 1 aromatic rings. The highest BCUT2D eigenvalue weighted by Crippen LogP contribution is 2.37. The Kier molecular flexibility index (Phi) is 4.60. The Morgan fingerprint density at radius 2 is 1.90 bits per heavy atom. The molecule has 0 aromatic carbocycles. The van der Waals surface area contributed by atoms with Crippen LogP contribution in [0.3, 0.4) is 0 Å². The van der Waals surface area contributed by atoms with Crippen LogP contribution in [0.4, 0.5) is 0 Å².